The Hall–Kier alpha value is -1.87. The molecule has 1 unspecified atom stereocenters. The second-order valence-corrected chi connectivity index (χ2v) is 5.25. The number of hydrogen-bond donors (Lipinski definition) is 1. The van der Waals surface area contributed by atoms with E-state index in [1.165, 1.54) is 12.1 Å². The first-order valence-corrected chi connectivity index (χ1v) is 6.66. The van der Waals surface area contributed by atoms with Gasteiger partial charge in [-0.2, -0.15) is 0 Å². The topological polar surface area (TPSA) is 29.5 Å². The van der Waals surface area contributed by atoms with E-state index in [0.717, 1.165) is 0 Å². The van der Waals surface area contributed by atoms with Crippen LogP contribution in [0, 0.1) is 5.82 Å². The van der Waals surface area contributed by atoms with E-state index in [4.69, 9.17) is 4.74 Å². The van der Waals surface area contributed by atoms with Crippen LogP contribution in [-0.4, -0.2) is 11.2 Å². The standard InChI is InChI=1S/C17H19FO2/c1-12(2)20-16-10-5-4-9-15(16)17(3,19)13-7-6-8-14(18)11-13/h4-12,19H,1-3H3. The minimum atomic E-state index is -1.31. The molecule has 0 bridgehead atoms. The summed E-state index contributed by atoms with van der Waals surface area (Å²) in [6.07, 6.45) is -0.000500. The molecule has 20 heavy (non-hydrogen) atoms. The molecule has 2 nitrogen and oxygen atoms in total. The maximum Gasteiger partial charge on any atom is 0.126 e. The molecule has 1 atom stereocenters. The lowest BCUT2D eigenvalue weighted by molar-refractivity contribution is 0.0954. The molecule has 106 valence electrons. The lowest BCUT2D eigenvalue weighted by atomic mass is 9.87. The van der Waals surface area contributed by atoms with Gasteiger partial charge in [0.2, 0.25) is 0 Å². The van der Waals surface area contributed by atoms with Gasteiger partial charge in [0, 0.05) is 5.56 Å². The quantitative estimate of drug-likeness (QED) is 0.917. The summed E-state index contributed by atoms with van der Waals surface area (Å²) >= 11 is 0. The van der Waals surface area contributed by atoms with Crippen molar-refractivity contribution in [2.45, 2.75) is 32.5 Å². The van der Waals surface area contributed by atoms with Crippen molar-refractivity contribution < 1.29 is 14.2 Å². The summed E-state index contributed by atoms with van der Waals surface area (Å²) in [5.74, 6) is 0.238. The normalized spacial score (nSPS) is 14.1. The number of para-hydroxylation sites is 1. The molecule has 2 rings (SSSR count). The summed E-state index contributed by atoms with van der Waals surface area (Å²) in [5.41, 5.74) is -0.190. The third-order valence-electron chi connectivity index (χ3n) is 3.16. The molecule has 0 heterocycles. The first-order chi connectivity index (χ1) is 9.41. The SMILES string of the molecule is CC(C)Oc1ccccc1C(C)(O)c1cccc(F)c1. The number of hydrogen-bond acceptors (Lipinski definition) is 2. The van der Waals surface area contributed by atoms with Crippen molar-refractivity contribution in [3.63, 3.8) is 0 Å². The monoisotopic (exact) mass is 274 g/mol. The Morgan fingerprint density at radius 3 is 2.45 bits per heavy atom. The van der Waals surface area contributed by atoms with Crippen molar-refractivity contribution in [1.82, 2.24) is 0 Å². The van der Waals surface area contributed by atoms with Crippen LogP contribution in [0.5, 0.6) is 5.75 Å². The predicted octanol–water partition coefficient (Wildman–Crippen LogP) is 3.87. The highest BCUT2D eigenvalue weighted by atomic mass is 19.1. The van der Waals surface area contributed by atoms with Crippen molar-refractivity contribution in [2.24, 2.45) is 0 Å². The number of benzene rings is 2. The lowest BCUT2D eigenvalue weighted by Gasteiger charge is -2.27. The molecule has 0 aliphatic rings. The van der Waals surface area contributed by atoms with Crippen LogP contribution in [0.4, 0.5) is 4.39 Å². The van der Waals surface area contributed by atoms with E-state index in [9.17, 15) is 9.50 Å². The van der Waals surface area contributed by atoms with E-state index in [2.05, 4.69) is 0 Å². The lowest BCUT2D eigenvalue weighted by Crippen LogP contribution is -2.24. The van der Waals surface area contributed by atoms with Crippen LogP contribution in [0.25, 0.3) is 0 Å². The second kappa shape index (κ2) is 5.63. The van der Waals surface area contributed by atoms with Crippen molar-refractivity contribution in [1.29, 1.82) is 0 Å². The molecule has 0 saturated carbocycles. The first-order valence-electron chi connectivity index (χ1n) is 6.66. The van der Waals surface area contributed by atoms with Crippen molar-refractivity contribution in [2.75, 3.05) is 0 Å². The van der Waals surface area contributed by atoms with Gasteiger partial charge in [-0.25, -0.2) is 4.39 Å². The Labute approximate surface area is 118 Å². The molecule has 0 aliphatic heterocycles. The fourth-order valence-corrected chi connectivity index (χ4v) is 2.17. The van der Waals surface area contributed by atoms with Gasteiger partial charge in [-0.1, -0.05) is 30.3 Å². The maximum atomic E-state index is 13.4. The summed E-state index contributed by atoms with van der Waals surface area (Å²) in [6.45, 7) is 5.49. The van der Waals surface area contributed by atoms with E-state index in [1.54, 1.807) is 25.1 Å². The van der Waals surface area contributed by atoms with Gasteiger partial charge in [0.05, 0.1) is 6.10 Å². The zero-order valence-corrected chi connectivity index (χ0v) is 11.9. The van der Waals surface area contributed by atoms with E-state index in [1.807, 2.05) is 32.0 Å². The van der Waals surface area contributed by atoms with Crippen LogP contribution in [0.3, 0.4) is 0 Å². The summed E-state index contributed by atoms with van der Waals surface area (Å²) in [7, 11) is 0. The molecular formula is C17H19FO2. The van der Waals surface area contributed by atoms with E-state index in [0.29, 0.717) is 16.9 Å². The highest BCUT2D eigenvalue weighted by Crippen LogP contribution is 2.35. The van der Waals surface area contributed by atoms with Crippen LogP contribution in [0.1, 0.15) is 31.9 Å². The van der Waals surface area contributed by atoms with Crippen molar-refractivity contribution in [3.8, 4) is 5.75 Å². The predicted molar refractivity (Wildman–Crippen MR) is 77.3 cm³/mol. The third kappa shape index (κ3) is 2.99. The van der Waals surface area contributed by atoms with Gasteiger partial charge >= 0.3 is 0 Å². The van der Waals surface area contributed by atoms with Crippen LogP contribution in [0.15, 0.2) is 48.5 Å². The Morgan fingerprint density at radius 1 is 1.10 bits per heavy atom. The molecule has 3 heteroatoms. The number of rotatable bonds is 4. The molecule has 0 aliphatic carbocycles. The van der Waals surface area contributed by atoms with E-state index in [-0.39, 0.29) is 11.9 Å². The average molecular weight is 274 g/mol. The fraction of sp³-hybridized carbons (Fsp3) is 0.294. The minimum Gasteiger partial charge on any atom is -0.491 e. The Morgan fingerprint density at radius 2 is 1.80 bits per heavy atom. The Balaban J connectivity index is 2.48. The molecular weight excluding hydrogens is 255 g/mol. The fourth-order valence-electron chi connectivity index (χ4n) is 2.17. The first kappa shape index (κ1) is 14.5. The summed E-state index contributed by atoms with van der Waals surface area (Å²) in [6, 6.07) is 13.3. The van der Waals surface area contributed by atoms with Crippen LogP contribution >= 0.6 is 0 Å². The number of aliphatic hydroxyl groups is 1. The van der Waals surface area contributed by atoms with Crippen molar-refractivity contribution in [3.05, 3.63) is 65.5 Å². The van der Waals surface area contributed by atoms with Crippen LogP contribution in [-0.2, 0) is 5.60 Å². The highest BCUT2D eigenvalue weighted by Gasteiger charge is 2.29. The van der Waals surface area contributed by atoms with Gasteiger partial charge < -0.3 is 9.84 Å². The molecule has 0 spiro atoms. The average Bonchev–Trinajstić information content (AvgIpc) is 2.38. The maximum absolute atomic E-state index is 13.4. The molecule has 0 aromatic heterocycles. The molecule has 0 fully saturated rings. The van der Waals surface area contributed by atoms with Crippen LogP contribution < -0.4 is 4.74 Å². The summed E-state index contributed by atoms with van der Waals surface area (Å²) in [4.78, 5) is 0. The zero-order valence-electron chi connectivity index (χ0n) is 11.9. The van der Waals surface area contributed by atoms with Crippen LogP contribution in [0.2, 0.25) is 0 Å². The smallest absolute Gasteiger partial charge is 0.126 e. The Kier molecular flexibility index (Phi) is 4.09. The number of ether oxygens (including phenoxy) is 1. The van der Waals surface area contributed by atoms with E-state index >= 15 is 0 Å². The molecule has 2 aromatic rings. The number of halogens is 1. The van der Waals surface area contributed by atoms with E-state index < -0.39 is 5.60 Å². The minimum absolute atomic E-state index is 0.000500. The summed E-state index contributed by atoms with van der Waals surface area (Å²) < 4.78 is 19.1. The van der Waals surface area contributed by atoms with Gasteiger partial charge in [-0.15, -0.1) is 0 Å². The van der Waals surface area contributed by atoms with Crippen molar-refractivity contribution >= 4 is 0 Å². The highest BCUT2D eigenvalue weighted by molar-refractivity contribution is 5.44. The molecule has 0 saturated heterocycles. The Bertz CT molecular complexity index is 591. The zero-order chi connectivity index (χ0) is 14.8. The third-order valence-corrected chi connectivity index (χ3v) is 3.16. The largest absolute Gasteiger partial charge is 0.491 e. The molecule has 2 aromatic carbocycles. The summed E-state index contributed by atoms with van der Waals surface area (Å²) in [5, 5.41) is 10.8. The molecule has 0 radical (unpaired) electrons. The molecule has 0 amide bonds. The van der Waals surface area contributed by atoms with Gasteiger partial charge in [-0.05, 0) is 44.5 Å². The van der Waals surface area contributed by atoms with Gasteiger partial charge in [0.15, 0.2) is 0 Å². The van der Waals surface area contributed by atoms with Gasteiger partial charge in [-0.3, -0.25) is 0 Å². The molecule has 1 N–H and O–H groups in total. The van der Waals surface area contributed by atoms with Gasteiger partial charge in [0.25, 0.3) is 0 Å². The second-order valence-electron chi connectivity index (χ2n) is 5.25. The van der Waals surface area contributed by atoms with Gasteiger partial charge in [0.1, 0.15) is 17.2 Å².